The van der Waals surface area contributed by atoms with Crippen molar-refractivity contribution in [2.75, 3.05) is 13.2 Å². The van der Waals surface area contributed by atoms with E-state index in [2.05, 4.69) is 47.6 Å². The molecule has 1 N–H and O–H groups in total. The van der Waals surface area contributed by atoms with E-state index < -0.39 is 24.3 Å². The van der Waals surface area contributed by atoms with Crippen molar-refractivity contribution in [2.45, 2.75) is 59.3 Å². The fraction of sp³-hybridized carbons (Fsp3) is 0.545. The van der Waals surface area contributed by atoms with Crippen molar-refractivity contribution in [3.63, 3.8) is 0 Å². The van der Waals surface area contributed by atoms with E-state index in [4.69, 9.17) is 20.1 Å². The Morgan fingerprint density at radius 1 is 1.11 bits per heavy atom. The molecule has 0 radical (unpaired) electrons. The summed E-state index contributed by atoms with van der Waals surface area (Å²) >= 11 is 0. The molecule has 1 aromatic rings. The van der Waals surface area contributed by atoms with E-state index >= 15 is 0 Å². The first-order valence-electron chi connectivity index (χ1n) is 9.18. The van der Waals surface area contributed by atoms with Crippen LogP contribution in [0.4, 0.5) is 0 Å². The molecule has 0 aliphatic rings. The number of carbonyl (C=O) groups excluding carboxylic acids is 2. The fourth-order valence-electron chi connectivity index (χ4n) is 2.53. The highest BCUT2D eigenvalue weighted by Crippen LogP contribution is 2.35. The van der Waals surface area contributed by atoms with Crippen molar-refractivity contribution in [3.05, 3.63) is 29.3 Å². The molecule has 1 aromatic carbocycles. The Morgan fingerprint density at radius 3 is 2.18 bits per heavy atom. The molecule has 1 rings (SSSR count). The molecule has 6 nitrogen and oxygen atoms in total. The van der Waals surface area contributed by atoms with Crippen molar-refractivity contribution >= 4 is 17.5 Å². The molecule has 0 fully saturated rings. The molecular weight excluding hydrogens is 356 g/mol. The van der Waals surface area contributed by atoms with E-state index in [1.165, 1.54) is 12.5 Å². The highest BCUT2D eigenvalue weighted by molar-refractivity contribution is 6.06. The predicted molar refractivity (Wildman–Crippen MR) is 108 cm³/mol. The van der Waals surface area contributed by atoms with E-state index in [0.717, 1.165) is 5.56 Å². The Hall–Kier alpha value is -2.68. The summed E-state index contributed by atoms with van der Waals surface area (Å²) in [5.74, 6) is -1.92. The molecule has 0 spiro atoms. The van der Waals surface area contributed by atoms with E-state index in [0.29, 0.717) is 5.75 Å². The van der Waals surface area contributed by atoms with Crippen LogP contribution in [0.15, 0.2) is 18.2 Å². The van der Waals surface area contributed by atoms with Gasteiger partial charge in [-0.05, 0) is 34.9 Å². The summed E-state index contributed by atoms with van der Waals surface area (Å²) in [4.78, 5) is 23.8. The minimum atomic E-state index is -1.19. The highest BCUT2D eigenvalue weighted by atomic mass is 16.6. The first kappa shape index (κ1) is 23.4. The summed E-state index contributed by atoms with van der Waals surface area (Å²) in [7, 11) is 0. The van der Waals surface area contributed by atoms with E-state index in [1.807, 2.05) is 12.1 Å². The van der Waals surface area contributed by atoms with Crippen molar-refractivity contribution in [1.29, 1.82) is 10.7 Å². The van der Waals surface area contributed by atoms with Gasteiger partial charge in [-0.25, -0.2) is 4.79 Å². The lowest BCUT2D eigenvalue weighted by atomic mass is 9.80. The van der Waals surface area contributed by atoms with Crippen LogP contribution in [0, 0.1) is 22.7 Å². The van der Waals surface area contributed by atoms with Crippen LogP contribution in [0.5, 0.6) is 5.75 Å². The van der Waals surface area contributed by atoms with Crippen molar-refractivity contribution in [2.24, 2.45) is 5.92 Å². The van der Waals surface area contributed by atoms with Crippen LogP contribution in [0.25, 0.3) is 0 Å². The maximum Gasteiger partial charge on any atom is 0.344 e. The molecule has 28 heavy (non-hydrogen) atoms. The molecule has 0 saturated carbocycles. The number of carbonyl (C=O) groups is 2. The van der Waals surface area contributed by atoms with E-state index in [1.54, 1.807) is 6.07 Å². The van der Waals surface area contributed by atoms with Gasteiger partial charge in [0.1, 0.15) is 11.7 Å². The Morgan fingerprint density at radius 2 is 1.71 bits per heavy atom. The van der Waals surface area contributed by atoms with Gasteiger partial charge in [-0.15, -0.1) is 0 Å². The average Bonchev–Trinajstić information content (AvgIpc) is 2.56. The summed E-state index contributed by atoms with van der Waals surface area (Å²) in [6.45, 7) is 13.1. The van der Waals surface area contributed by atoms with Gasteiger partial charge in [0.2, 0.25) is 0 Å². The van der Waals surface area contributed by atoms with Gasteiger partial charge in [-0.2, -0.15) is 5.26 Å². The van der Waals surface area contributed by atoms with Crippen LogP contribution in [0.3, 0.4) is 0 Å². The van der Waals surface area contributed by atoms with Gasteiger partial charge >= 0.3 is 5.97 Å². The fourth-order valence-corrected chi connectivity index (χ4v) is 2.53. The van der Waals surface area contributed by atoms with Crippen LogP contribution in [0.2, 0.25) is 0 Å². The Labute approximate surface area is 167 Å². The van der Waals surface area contributed by atoms with E-state index in [9.17, 15) is 9.59 Å². The van der Waals surface area contributed by atoms with Crippen LogP contribution in [-0.4, -0.2) is 30.7 Å². The lowest BCUT2D eigenvalue weighted by Crippen LogP contribution is -2.27. The molecule has 152 valence electrons. The molecule has 0 aromatic heterocycles. The van der Waals surface area contributed by atoms with Crippen LogP contribution >= 0.6 is 0 Å². The summed E-state index contributed by atoms with van der Waals surface area (Å²) in [5, 5.41) is 16.3. The second-order valence-corrected chi connectivity index (χ2v) is 8.87. The number of hydrogen-bond acceptors (Lipinski definition) is 6. The standard InChI is InChI=1S/C22H30N2O4/c1-14(24)16(11-23)18(25)12-28-20(26)13-27-19-9-8-15(21(2,3)4)10-17(19)22(5,6)7/h8-10,16,24H,12-13H2,1-7H3. The molecule has 1 unspecified atom stereocenters. The van der Waals surface area contributed by atoms with Crippen molar-refractivity contribution in [1.82, 2.24) is 0 Å². The first-order valence-corrected chi connectivity index (χ1v) is 9.18. The second kappa shape index (κ2) is 9.01. The quantitative estimate of drug-likeness (QED) is 0.565. The number of nitrogens with one attached hydrogen (secondary N) is 1. The molecule has 6 heteroatoms. The molecule has 0 aliphatic carbocycles. The first-order chi connectivity index (χ1) is 12.8. The minimum Gasteiger partial charge on any atom is -0.482 e. The number of hydrogen-bond donors (Lipinski definition) is 1. The zero-order valence-electron chi connectivity index (χ0n) is 17.8. The normalized spacial score (nSPS) is 12.6. The molecule has 1 atom stereocenters. The molecular formula is C22H30N2O4. The van der Waals surface area contributed by atoms with Gasteiger partial charge in [-0.1, -0.05) is 53.7 Å². The number of nitriles is 1. The monoisotopic (exact) mass is 386 g/mol. The number of ether oxygens (including phenoxy) is 2. The second-order valence-electron chi connectivity index (χ2n) is 8.87. The van der Waals surface area contributed by atoms with Gasteiger partial charge in [-0.3, -0.25) is 4.79 Å². The van der Waals surface area contributed by atoms with Crippen LogP contribution in [-0.2, 0) is 25.2 Å². The lowest BCUT2D eigenvalue weighted by molar-refractivity contribution is -0.150. The molecule has 0 amide bonds. The smallest absolute Gasteiger partial charge is 0.344 e. The molecule has 0 heterocycles. The van der Waals surface area contributed by atoms with Gasteiger partial charge in [0, 0.05) is 5.71 Å². The Balaban J connectivity index is 2.82. The van der Waals surface area contributed by atoms with E-state index in [-0.39, 0.29) is 23.1 Å². The third kappa shape index (κ3) is 6.49. The summed E-state index contributed by atoms with van der Waals surface area (Å²) in [5.41, 5.74) is 1.88. The number of nitrogens with zero attached hydrogens (tertiary/aromatic N) is 1. The SMILES string of the molecule is CC(=N)C(C#N)C(=O)COC(=O)COc1ccc(C(C)(C)C)cc1C(C)(C)C. The van der Waals surface area contributed by atoms with Gasteiger partial charge in [0.25, 0.3) is 0 Å². The average molecular weight is 386 g/mol. The summed E-state index contributed by atoms with van der Waals surface area (Å²) in [6.07, 6.45) is 0. The molecule has 0 aliphatic heterocycles. The van der Waals surface area contributed by atoms with Gasteiger partial charge in [0.05, 0.1) is 6.07 Å². The van der Waals surface area contributed by atoms with Crippen molar-refractivity contribution in [3.8, 4) is 11.8 Å². The Bertz CT molecular complexity index is 792. The summed E-state index contributed by atoms with van der Waals surface area (Å²) < 4.78 is 10.6. The zero-order chi connectivity index (χ0) is 21.7. The summed E-state index contributed by atoms with van der Waals surface area (Å²) in [6, 6.07) is 7.65. The number of benzene rings is 1. The zero-order valence-corrected chi connectivity index (χ0v) is 17.8. The minimum absolute atomic E-state index is 0.0118. The topological polar surface area (TPSA) is 100 Å². The maximum atomic E-state index is 12.0. The maximum absolute atomic E-state index is 12.0. The van der Waals surface area contributed by atoms with Crippen LogP contribution < -0.4 is 4.74 Å². The molecule has 0 saturated heterocycles. The number of ketones is 1. The Kier molecular flexibility index (Phi) is 7.51. The van der Waals surface area contributed by atoms with Crippen LogP contribution in [0.1, 0.15) is 59.6 Å². The highest BCUT2D eigenvalue weighted by Gasteiger charge is 2.24. The number of rotatable bonds is 7. The van der Waals surface area contributed by atoms with Gasteiger partial charge < -0.3 is 14.9 Å². The molecule has 0 bridgehead atoms. The third-order valence-corrected chi connectivity index (χ3v) is 4.26. The lowest BCUT2D eigenvalue weighted by Gasteiger charge is -2.27. The third-order valence-electron chi connectivity index (χ3n) is 4.26. The number of esters is 1. The largest absolute Gasteiger partial charge is 0.482 e. The van der Waals surface area contributed by atoms with Gasteiger partial charge in [0.15, 0.2) is 19.0 Å². The van der Waals surface area contributed by atoms with Crippen molar-refractivity contribution < 1.29 is 19.1 Å². The number of Topliss-reactive ketones (excluding diaryl/α,β-unsaturated/α-hetero) is 1. The predicted octanol–water partition coefficient (Wildman–Crippen LogP) is 3.95.